The van der Waals surface area contributed by atoms with Crippen LogP contribution in [0.25, 0.3) is 0 Å². The fourth-order valence-corrected chi connectivity index (χ4v) is 0.216. The third-order valence-electron chi connectivity index (χ3n) is 0.450. The van der Waals surface area contributed by atoms with Gasteiger partial charge in [-0.05, 0) is 0 Å². The summed E-state index contributed by atoms with van der Waals surface area (Å²) >= 11 is 0. The minimum atomic E-state index is 0.0633. The Morgan fingerprint density at radius 2 is 2.43 bits per heavy atom. The number of hydrogen-bond donors (Lipinski definition) is 1. The molecular formula is C5H9O2. The zero-order chi connectivity index (χ0) is 5.54. The van der Waals surface area contributed by atoms with Crippen LogP contribution in [0.1, 0.15) is 0 Å². The minimum absolute atomic E-state index is 0.0633. The van der Waals surface area contributed by atoms with Crippen LogP contribution in [0.5, 0.6) is 0 Å². The first kappa shape index (κ1) is 6.66. The van der Waals surface area contributed by atoms with Crippen molar-refractivity contribution >= 4 is 0 Å². The summed E-state index contributed by atoms with van der Waals surface area (Å²) in [5.74, 6) is 0. The number of rotatable bonds is 4. The largest absolute Gasteiger partial charge is 0.394 e. The van der Waals surface area contributed by atoms with Gasteiger partial charge in [0.25, 0.3) is 0 Å². The first-order chi connectivity index (χ1) is 3.41. The fraction of sp³-hybridized carbons (Fsp3) is 0.600. The van der Waals surface area contributed by atoms with Crippen molar-refractivity contribution in [1.29, 1.82) is 0 Å². The van der Waals surface area contributed by atoms with Gasteiger partial charge in [-0.3, -0.25) is 0 Å². The second-order valence-corrected chi connectivity index (χ2v) is 1.03. The second kappa shape index (κ2) is 5.66. The Labute approximate surface area is 43.4 Å². The monoisotopic (exact) mass is 101 g/mol. The highest BCUT2D eigenvalue weighted by Gasteiger charge is 1.75. The number of ether oxygens (including phenoxy) is 1. The van der Waals surface area contributed by atoms with Gasteiger partial charge in [0.05, 0.1) is 19.8 Å². The molecule has 0 aliphatic heterocycles. The van der Waals surface area contributed by atoms with Crippen LogP contribution >= 0.6 is 0 Å². The summed E-state index contributed by atoms with van der Waals surface area (Å²) in [7, 11) is 0. The summed E-state index contributed by atoms with van der Waals surface area (Å²) < 4.78 is 4.70. The highest BCUT2D eigenvalue weighted by Crippen LogP contribution is 1.70. The van der Waals surface area contributed by atoms with Crippen molar-refractivity contribution in [3.05, 3.63) is 12.7 Å². The van der Waals surface area contributed by atoms with E-state index in [4.69, 9.17) is 16.4 Å². The minimum Gasteiger partial charge on any atom is -0.394 e. The molecule has 1 N–H and O–H groups in total. The molecule has 0 unspecified atom stereocenters. The fourth-order valence-electron chi connectivity index (χ4n) is 0.216. The second-order valence-electron chi connectivity index (χ2n) is 1.03. The molecule has 1 radical (unpaired) electrons. The van der Waals surface area contributed by atoms with Crippen molar-refractivity contribution in [1.82, 2.24) is 0 Å². The molecule has 0 heterocycles. The third kappa shape index (κ3) is 5.66. The molecule has 0 aromatic carbocycles. The average Bonchev–Trinajstić information content (AvgIpc) is 1.69. The maximum atomic E-state index is 8.11. The normalized spacial score (nSPS) is 8.71. The number of aliphatic hydroxyl groups is 1. The molecular weight excluding hydrogens is 92.1 g/mol. The van der Waals surface area contributed by atoms with Crippen LogP contribution in [0.4, 0.5) is 0 Å². The lowest BCUT2D eigenvalue weighted by atomic mass is 10.7. The van der Waals surface area contributed by atoms with Gasteiger partial charge in [-0.15, -0.1) is 0 Å². The van der Waals surface area contributed by atoms with E-state index in [1.165, 1.54) is 6.08 Å². The molecule has 0 aliphatic carbocycles. The Bertz CT molecular complexity index is 43.3. The van der Waals surface area contributed by atoms with Crippen LogP contribution < -0.4 is 0 Å². The van der Waals surface area contributed by atoms with Crippen molar-refractivity contribution < 1.29 is 9.84 Å². The van der Waals surface area contributed by atoms with Crippen molar-refractivity contribution in [3.63, 3.8) is 0 Å². The van der Waals surface area contributed by atoms with Crippen molar-refractivity contribution in [2.24, 2.45) is 0 Å². The zero-order valence-corrected chi connectivity index (χ0v) is 4.13. The van der Waals surface area contributed by atoms with Crippen LogP contribution in [-0.2, 0) is 4.74 Å². The van der Waals surface area contributed by atoms with Gasteiger partial charge in [0.1, 0.15) is 0 Å². The molecule has 0 bridgehead atoms. The molecule has 0 fully saturated rings. The quantitative estimate of drug-likeness (QED) is 0.504. The third-order valence-corrected chi connectivity index (χ3v) is 0.450. The van der Waals surface area contributed by atoms with Crippen molar-refractivity contribution in [2.75, 3.05) is 19.8 Å². The maximum absolute atomic E-state index is 8.11. The van der Waals surface area contributed by atoms with E-state index in [1.807, 2.05) is 0 Å². The summed E-state index contributed by atoms with van der Waals surface area (Å²) in [5.41, 5.74) is 0. The highest BCUT2D eigenvalue weighted by molar-refractivity contribution is 4.58. The molecule has 0 aromatic rings. The van der Waals surface area contributed by atoms with Gasteiger partial charge >= 0.3 is 0 Å². The average molecular weight is 101 g/mol. The maximum Gasteiger partial charge on any atom is 0.0701 e. The van der Waals surface area contributed by atoms with Gasteiger partial charge in [0, 0.05) is 0 Å². The van der Waals surface area contributed by atoms with E-state index in [0.717, 1.165) is 0 Å². The lowest BCUT2D eigenvalue weighted by molar-refractivity contribution is 0.112. The van der Waals surface area contributed by atoms with E-state index >= 15 is 0 Å². The molecule has 0 amide bonds. The lowest BCUT2D eigenvalue weighted by Crippen LogP contribution is -1.97. The first-order valence-corrected chi connectivity index (χ1v) is 2.14. The Balaban J connectivity index is 2.56. The SMILES string of the molecule is [CH]=CCOCCO. The molecule has 0 spiro atoms. The summed E-state index contributed by atoms with van der Waals surface area (Å²) in [6, 6.07) is 0. The molecule has 0 aliphatic rings. The highest BCUT2D eigenvalue weighted by atomic mass is 16.5. The van der Waals surface area contributed by atoms with Crippen LogP contribution in [0.3, 0.4) is 0 Å². The molecule has 0 aromatic heterocycles. The number of aliphatic hydroxyl groups excluding tert-OH is 1. The predicted molar refractivity (Wildman–Crippen MR) is 26.8 cm³/mol. The topological polar surface area (TPSA) is 29.5 Å². The molecule has 0 saturated carbocycles. The Morgan fingerprint density at radius 3 is 2.86 bits per heavy atom. The van der Waals surface area contributed by atoms with E-state index in [0.29, 0.717) is 13.2 Å². The van der Waals surface area contributed by atoms with Gasteiger partial charge in [0.2, 0.25) is 0 Å². The van der Waals surface area contributed by atoms with Crippen LogP contribution in [0.2, 0.25) is 0 Å². The number of hydrogen-bond acceptors (Lipinski definition) is 2. The summed E-state index contributed by atoms with van der Waals surface area (Å²) in [6.45, 7) is 5.79. The van der Waals surface area contributed by atoms with Crippen molar-refractivity contribution in [2.45, 2.75) is 0 Å². The molecule has 0 saturated heterocycles. The molecule has 2 nitrogen and oxygen atoms in total. The summed E-state index contributed by atoms with van der Waals surface area (Å²) in [4.78, 5) is 0. The van der Waals surface area contributed by atoms with Gasteiger partial charge < -0.3 is 9.84 Å². The van der Waals surface area contributed by atoms with Crippen LogP contribution in [-0.4, -0.2) is 24.9 Å². The smallest absolute Gasteiger partial charge is 0.0701 e. The van der Waals surface area contributed by atoms with E-state index < -0.39 is 0 Å². The van der Waals surface area contributed by atoms with Crippen LogP contribution in [0.15, 0.2) is 6.08 Å². The molecule has 7 heavy (non-hydrogen) atoms. The Morgan fingerprint density at radius 1 is 1.71 bits per heavy atom. The Kier molecular flexibility index (Phi) is 5.39. The molecule has 2 heteroatoms. The first-order valence-electron chi connectivity index (χ1n) is 2.14. The zero-order valence-electron chi connectivity index (χ0n) is 4.13. The predicted octanol–water partition coefficient (Wildman–Crippen LogP) is -0.0155. The van der Waals surface area contributed by atoms with E-state index in [-0.39, 0.29) is 6.61 Å². The lowest BCUT2D eigenvalue weighted by Gasteiger charge is -1.92. The van der Waals surface area contributed by atoms with Gasteiger partial charge in [-0.2, -0.15) is 0 Å². The van der Waals surface area contributed by atoms with Gasteiger partial charge in [-0.25, -0.2) is 0 Å². The standard InChI is InChI=1S/C5H9O2/c1-2-4-7-5-3-6/h1-2,6H,3-5H2. The van der Waals surface area contributed by atoms with Gasteiger partial charge in [0.15, 0.2) is 0 Å². The summed E-state index contributed by atoms with van der Waals surface area (Å²) in [5, 5.41) is 8.11. The van der Waals surface area contributed by atoms with Crippen molar-refractivity contribution in [3.8, 4) is 0 Å². The van der Waals surface area contributed by atoms with Gasteiger partial charge in [-0.1, -0.05) is 12.7 Å². The Hall–Kier alpha value is -0.340. The van der Waals surface area contributed by atoms with E-state index in [2.05, 4.69) is 0 Å². The molecule has 0 atom stereocenters. The van der Waals surface area contributed by atoms with E-state index in [9.17, 15) is 0 Å². The molecule has 0 rings (SSSR count). The molecule has 41 valence electrons. The van der Waals surface area contributed by atoms with E-state index in [1.54, 1.807) is 0 Å². The summed E-state index contributed by atoms with van der Waals surface area (Å²) in [6.07, 6.45) is 1.40. The van der Waals surface area contributed by atoms with Crippen LogP contribution in [0, 0.1) is 6.58 Å².